The lowest BCUT2D eigenvalue weighted by atomic mass is 10.0. The third kappa shape index (κ3) is 2.22. The maximum atomic E-state index is 6.04. The maximum absolute atomic E-state index is 6.04. The van der Waals surface area contributed by atoms with Crippen LogP contribution in [0.4, 0.5) is 5.82 Å². The average molecular weight is 268 g/mol. The number of hydrogen-bond donors (Lipinski definition) is 1. The summed E-state index contributed by atoms with van der Waals surface area (Å²) in [5, 5.41) is 0. The highest BCUT2D eigenvalue weighted by molar-refractivity contribution is 5.85. The van der Waals surface area contributed by atoms with E-state index in [4.69, 9.17) is 5.73 Å². The van der Waals surface area contributed by atoms with E-state index in [9.17, 15) is 0 Å². The zero-order valence-corrected chi connectivity index (χ0v) is 11.8. The van der Waals surface area contributed by atoms with E-state index in [2.05, 4.69) is 35.1 Å². The van der Waals surface area contributed by atoms with Gasteiger partial charge in [-0.05, 0) is 24.5 Å². The van der Waals surface area contributed by atoms with Gasteiger partial charge in [-0.3, -0.25) is 4.40 Å². The molecular formula is C16H20N4. The van der Waals surface area contributed by atoms with Gasteiger partial charge in [0.15, 0.2) is 0 Å². The molecular weight excluding hydrogens is 248 g/mol. The van der Waals surface area contributed by atoms with Crippen LogP contribution in [-0.2, 0) is 6.42 Å². The molecule has 2 N–H and O–H groups in total. The molecule has 0 spiro atoms. The van der Waals surface area contributed by atoms with E-state index in [1.54, 1.807) is 12.5 Å². The predicted molar refractivity (Wildman–Crippen MR) is 82.8 cm³/mol. The van der Waals surface area contributed by atoms with Crippen molar-refractivity contribution in [2.45, 2.75) is 39.0 Å². The predicted octanol–water partition coefficient (Wildman–Crippen LogP) is 3.59. The molecule has 0 aliphatic rings. The van der Waals surface area contributed by atoms with Gasteiger partial charge in [-0.25, -0.2) is 9.97 Å². The van der Waals surface area contributed by atoms with Gasteiger partial charge in [0.1, 0.15) is 11.3 Å². The lowest BCUT2D eigenvalue weighted by Gasteiger charge is -2.09. The topological polar surface area (TPSA) is 56.2 Å². The normalized spacial score (nSPS) is 11.4. The number of aryl methyl sites for hydroxylation is 1. The van der Waals surface area contributed by atoms with Crippen LogP contribution in [-0.4, -0.2) is 14.4 Å². The molecule has 104 valence electrons. The molecule has 4 heteroatoms. The van der Waals surface area contributed by atoms with Crippen molar-refractivity contribution >= 4 is 22.4 Å². The van der Waals surface area contributed by atoms with Crippen molar-refractivity contribution in [1.29, 1.82) is 0 Å². The summed E-state index contributed by atoms with van der Waals surface area (Å²) in [5.41, 5.74) is 10.3. The smallest absolute Gasteiger partial charge is 0.150 e. The Hall–Kier alpha value is -2.10. The van der Waals surface area contributed by atoms with Gasteiger partial charge in [-0.2, -0.15) is 0 Å². The molecule has 0 saturated carbocycles. The van der Waals surface area contributed by atoms with Crippen LogP contribution in [0.2, 0.25) is 0 Å². The van der Waals surface area contributed by atoms with E-state index in [0.717, 1.165) is 23.0 Å². The van der Waals surface area contributed by atoms with Gasteiger partial charge in [0, 0.05) is 0 Å². The van der Waals surface area contributed by atoms with Crippen molar-refractivity contribution in [3.8, 4) is 0 Å². The van der Waals surface area contributed by atoms with E-state index < -0.39 is 0 Å². The highest BCUT2D eigenvalue weighted by Gasteiger charge is 2.09. The van der Waals surface area contributed by atoms with E-state index in [-0.39, 0.29) is 0 Å². The SMILES string of the molecule is CCCCCCc1cccc2c1nc(N)c1cncn12. The second kappa shape index (κ2) is 5.49. The standard InChI is InChI=1S/C16H20N4/c1-2-3-4-5-7-12-8-6-9-13-15(12)19-16(17)14-10-18-11-20(13)14/h6,8-11H,2-5,7H2,1H3,(H2,17,19). The molecule has 1 aromatic carbocycles. The quantitative estimate of drug-likeness (QED) is 0.719. The Morgan fingerprint density at radius 3 is 2.90 bits per heavy atom. The summed E-state index contributed by atoms with van der Waals surface area (Å²) in [6.45, 7) is 2.23. The van der Waals surface area contributed by atoms with Gasteiger partial charge >= 0.3 is 0 Å². The number of hydrogen-bond acceptors (Lipinski definition) is 3. The number of nitrogens with zero attached hydrogens (tertiary/aromatic N) is 3. The first-order chi connectivity index (χ1) is 9.81. The number of fused-ring (bicyclic) bond motifs is 3. The first kappa shape index (κ1) is 12.9. The van der Waals surface area contributed by atoms with Gasteiger partial charge in [0.2, 0.25) is 0 Å². The van der Waals surface area contributed by atoms with Gasteiger partial charge in [0.05, 0.1) is 23.6 Å². The molecule has 4 nitrogen and oxygen atoms in total. The molecule has 0 bridgehead atoms. The molecule has 0 radical (unpaired) electrons. The minimum absolute atomic E-state index is 0.552. The lowest BCUT2D eigenvalue weighted by Crippen LogP contribution is -2.00. The minimum Gasteiger partial charge on any atom is -0.382 e. The fourth-order valence-electron chi connectivity index (χ4n) is 2.70. The highest BCUT2D eigenvalue weighted by atomic mass is 15.0. The third-order valence-corrected chi connectivity index (χ3v) is 3.79. The van der Waals surface area contributed by atoms with Crippen molar-refractivity contribution in [2.75, 3.05) is 5.73 Å². The molecule has 0 saturated heterocycles. The second-order valence-corrected chi connectivity index (χ2v) is 5.24. The van der Waals surface area contributed by atoms with Gasteiger partial charge in [-0.1, -0.05) is 38.3 Å². The van der Waals surface area contributed by atoms with E-state index >= 15 is 0 Å². The Morgan fingerprint density at radius 1 is 1.15 bits per heavy atom. The molecule has 0 fully saturated rings. The lowest BCUT2D eigenvalue weighted by molar-refractivity contribution is 0.668. The van der Waals surface area contributed by atoms with E-state index in [1.165, 1.54) is 31.2 Å². The molecule has 0 atom stereocenters. The first-order valence-electron chi connectivity index (χ1n) is 7.30. The van der Waals surface area contributed by atoms with Crippen molar-refractivity contribution < 1.29 is 0 Å². The number of aromatic nitrogens is 3. The monoisotopic (exact) mass is 268 g/mol. The van der Waals surface area contributed by atoms with Crippen LogP contribution < -0.4 is 5.73 Å². The number of nitrogens with two attached hydrogens (primary N) is 1. The molecule has 0 amide bonds. The van der Waals surface area contributed by atoms with Crippen LogP contribution in [0.1, 0.15) is 38.2 Å². The molecule has 3 rings (SSSR count). The number of rotatable bonds is 5. The minimum atomic E-state index is 0.552. The molecule has 0 aliphatic heterocycles. The molecule has 2 heterocycles. The van der Waals surface area contributed by atoms with Gasteiger partial charge < -0.3 is 5.73 Å². The van der Waals surface area contributed by atoms with Crippen LogP contribution in [0.15, 0.2) is 30.7 Å². The van der Waals surface area contributed by atoms with Crippen LogP contribution >= 0.6 is 0 Å². The molecule has 0 aliphatic carbocycles. The molecule has 2 aromatic heterocycles. The fourth-order valence-corrected chi connectivity index (χ4v) is 2.70. The Morgan fingerprint density at radius 2 is 2.05 bits per heavy atom. The Labute approximate surface area is 118 Å². The summed E-state index contributed by atoms with van der Waals surface area (Å²) in [7, 11) is 0. The summed E-state index contributed by atoms with van der Waals surface area (Å²) in [5.74, 6) is 0.552. The summed E-state index contributed by atoms with van der Waals surface area (Å²) >= 11 is 0. The maximum Gasteiger partial charge on any atom is 0.150 e. The van der Waals surface area contributed by atoms with E-state index in [0.29, 0.717) is 5.82 Å². The highest BCUT2D eigenvalue weighted by Crippen LogP contribution is 2.23. The summed E-state index contributed by atoms with van der Waals surface area (Å²) in [4.78, 5) is 8.76. The number of para-hydroxylation sites is 1. The zero-order chi connectivity index (χ0) is 13.9. The summed E-state index contributed by atoms with van der Waals surface area (Å²) < 4.78 is 2.02. The average Bonchev–Trinajstić information content (AvgIpc) is 2.94. The molecule has 20 heavy (non-hydrogen) atoms. The summed E-state index contributed by atoms with van der Waals surface area (Å²) in [6, 6.07) is 6.32. The Kier molecular flexibility index (Phi) is 3.54. The largest absolute Gasteiger partial charge is 0.382 e. The third-order valence-electron chi connectivity index (χ3n) is 3.79. The fraction of sp³-hybridized carbons (Fsp3) is 0.375. The van der Waals surface area contributed by atoms with Crippen LogP contribution in [0.3, 0.4) is 0 Å². The number of imidazole rings is 1. The van der Waals surface area contributed by atoms with E-state index in [1.807, 2.05) is 4.40 Å². The van der Waals surface area contributed by atoms with Crippen molar-refractivity contribution in [1.82, 2.24) is 14.4 Å². The van der Waals surface area contributed by atoms with Crippen LogP contribution in [0.25, 0.3) is 16.6 Å². The molecule has 3 aromatic rings. The number of benzene rings is 1. The van der Waals surface area contributed by atoms with Crippen molar-refractivity contribution in [3.63, 3.8) is 0 Å². The first-order valence-corrected chi connectivity index (χ1v) is 7.30. The number of nitrogen functional groups attached to an aromatic ring is 1. The van der Waals surface area contributed by atoms with Crippen LogP contribution in [0, 0.1) is 0 Å². The molecule has 0 unspecified atom stereocenters. The number of anilines is 1. The number of unbranched alkanes of at least 4 members (excludes halogenated alkanes) is 3. The summed E-state index contributed by atoms with van der Waals surface area (Å²) in [6.07, 6.45) is 9.66. The Bertz CT molecular complexity index is 730. The van der Waals surface area contributed by atoms with Crippen LogP contribution in [0.5, 0.6) is 0 Å². The zero-order valence-electron chi connectivity index (χ0n) is 11.8. The second-order valence-electron chi connectivity index (χ2n) is 5.24. The van der Waals surface area contributed by atoms with Crippen molar-refractivity contribution in [2.24, 2.45) is 0 Å². The van der Waals surface area contributed by atoms with Crippen molar-refractivity contribution in [3.05, 3.63) is 36.3 Å². The Balaban J connectivity index is 2.02. The van der Waals surface area contributed by atoms with Gasteiger partial charge in [-0.15, -0.1) is 0 Å². The van der Waals surface area contributed by atoms with Gasteiger partial charge in [0.25, 0.3) is 0 Å².